The summed E-state index contributed by atoms with van der Waals surface area (Å²) in [6.07, 6.45) is -0.663. The van der Waals surface area contributed by atoms with Crippen molar-refractivity contribution in [3.05, 3.63) is 58.7 Å². The fourth-order valence-corrected chi connectivity index (χ4v) is 3.22. The summed E-state index contributed by atoms with van der Waals surface area (Å²) in [6, 6.07) is 6.84. The van der Waals surface area contributed by atoms with Gasteiger partial charge in [0.2, 0.25) is 5.95 Å². The first-order valence-corrected chi connectivity index (χ1v) is 9.18. The van der Waals surface area contributed by atoms with Crippen LogP contribution in [0.25, 0.3) is 11.0 Å². The minimum Gasteiger partial charge on any atom is -0.444 e. The van der Waals surface area contributed by atoms with Crippen LogP contribution in [0.2, 0.25) is 0 Å². The van der Waals surface area contributed by atoms with E-state index >= 15 is 0 Å². The Labute approximate surface area is 170 Å². The van der Waals surface area contributed by atoms with Crippen LogP contribution in [0.5, 0.6) is 0 Å². The summed E-state index contributed by atoms with van der Waals surface area (Å²) < 4.78 is 33.8. The number of nitrogens with zero attached hydrogens (tertiary/aromatic N) is 2. The van der Waals surface area contributed by atoms with Gasteiger partial charge in [-0.2, -0.15) is 0 Å². The summed E-state index contributed by atoms with van der Waals surface area (Å²) >= 11 is 0. The van der Waals surface area contributed by atoms with Crippen LogP contribution in [0, 0.1) is 11.6 Å². The lowest BCUT2D eigenvalue weighted by Gasteiger charge is -2.18. The molecule has 0 atom stereocenters. The van der Waals surface area contributed by atoms with E-state index in [1.54, 1.807) is 39.0 Å². The lowest BCUT2D eigenvalue weighted by molar-refractivity contribution is 0.0634. The van der Waals surface area contributed by atoms with Gasteiger partial charge in [0.15, 0.2) is 5.78 Å². The number of carbonyl (C=O) groups is 2. The highest BCUT2D eigenvalue weighted by Crippen LogP contribution is 2.27. The molecule has 2 aromatic carbocycles. The van der Waals surface area contributed by atoms with Crippen molar-refractivity contribution in [3.8, 4) is 0 Å². The number of ether oxygens (including phenoxy) is 1. The van der Waals surface area contributed by atoms with Crippen molar-refractivity contribution in [2.75, 3.05) is 11.9 Å². The number of ketones is 1. The maximum absolute atomic E-state index is 14.5. The Balaban J connectivity index is 1.70. The standard InChI is InChI=1S/C21H18F2N4O3/c1-21(2,3)30-20(29)27-19-25-13-7-4-10(8-14(13)26-19)18-17-12(23)6-5-11(22)16(17)15(28)9-24-18/h4-8H,9H2,1-3H3,(H2,25,26,27,29). The molecule has 1 aromatic heterocycles. The number of carbonyl (C=O) groups excluding carboxylic acids is 2. The molecule has 0 aliphatic carbocycles. The topological polar surface area (TPSA) is 96.4 Å². The molecule has 0 bridgehead atoms. The highest BCUT2D eigenvalue weighted by molar-refractivity contribution is 6.22. The highest BCUT2D eigenvalue weighted by Gasteiger charge is 2.28. The Morgan fingerprint density at radius 2 is 1.83 bits per heavy atom. The minimum absolute atomic E-state index is 0.155. The lowest BCUT2D eigenvalue weighted by Crippen LogP contribution is -2.27. The number of H-pyrrole nitrogens is 1. The number of anilines is 1. The SMILES string of the molecule is CC(C)(C)OC(=O)Nc1nc2ccc(C3=NCC(=O)c4c(F)ccc(F)c43)cc2[nH]1. The maximum Gasteiger partial charge on any atom is 0.414 e. The molecule has 1 aliphatic rings. The molecule has 1 amide bonds. The molecular formula is C21H18F2N4O3. The van der Waals surface area contributed by atoms with E-state index in [0.717, 1.165) is 12.1 Å². The third-order valence-corrected chi connectivity index (χ3v) is 4.37. The normalized spacial score (nSPS) is 13.8. The van der Waals surface area contributed by atoms with Crippen molar-refractivity contribution in [1.29, 1.82) is 0 Å². The summed E-state index contributed by atoms with van der Waals surface area (Å²) in [5, 5.41) is 2.51. The Kier molecular flexibility index (Phi) is 4.60. The van der Waals surface area contributed by atoms with Gasteiger partial charge in [-0.1, -0.05) is 6.07 Å². The van der Waals surface area contributed by atoms with Crippen molar-refractivity contribution in [2.24, 2.45) is 4.99 Å². The predicted octanol–water partition coefficient (Wildman–Crippen LogP) is 4.22. The maximum atomic E-state index is 14.5. The average Bonchev–Trinajstić information content (AvgIpc) is 3.04. The molecule has 0 spiro atoms. The zero-order chi connectivity index (χ0) is 21.6. The zero-order valence-electron chi connectivity index (χ0n) is 16.5. The molecule has 9 heteroatoms. The van der Waals surface area contributed by atoms with E-state index in [1.807, 2.05) is 0 Å². The fraction of sp³-hybridized carbons (Fsp3) is 0.238. The molecule has 0 saturated heterocycles. The van der Waals surface area contributed by atoms with Gasteiger partial charge in [0.25, 0.3) is 0 Å². The quantitative estimate of drug-likeness (QED) is 0.659. The van der Waals surface area contributed by atoms with Crippen LogP contribution in [0.3, 0.4) is 0 Å². The van der Waals surface area contributed by atoms with Gasteiger partial charge >= 0.3 is 6.09 Å². The van der Waals surface area contributed by atoms with Crippen LogP contribution in [-0.4, -0.2) is 39.7 Å². The van der Waals surface area contributed by atoms with Crippen molar-refractivity contribution in [2.45, 2.75) is 26.4 Å². The van der Waals surface area contributed by atoms with Crippen LogP contribution in [0.4, 0.5) is 19.5 Å². The third-order valence-electron chi connectivity index (χ3n) is 4.37. The summed E-state index contributed by atoms with van der Waals surface area (Å²) in [5.74, 6) is -1.91. The molecule has 0 radical (unpaired) electrons. The van der Waals surface area contributed by atoms with Gasteiger partial charge in [0, 0.05) is 11.1 Å². The van der Waals surface area contributed by atoms with E-state index in [9.17, 15) is 18.4 Å². The summed E-state index contributed by atoms with van der Waals surface area (Å²) in [5.41, 5.74) is 0.628. The Morgan fingerprint density at radius 1 is 1.13 bits per heavy atom. The molecule has 0 fully saturated rings. The van der Waals surface area contributed by atoms with Gasteiger partial charge in [-0.05, 0) is 45.0 Å². The zero-order valence-corrected chi connectivity index (χ0v) is 16.5. The molecular weight excluding hydrogens is 394 g/mol. The molecule has 7 nitrogen and oxygen atoms in total. The van der Waals surface area contributed by atoms with Crippen LogP contribution >= 0.6 is 0 Å². The molecule has 2 N–H and O–H groups in total. The van der Waals surface area contributed by atoms with Gasteiger partial charge in [-0.15, -0.1) is 0 Å². The van der Waals surface area contributed by atoms with Crippen LogP contribution in [0.15, 0.2) is 35.3 Å². The van der Waals surface area contributed by atoms with Crippen molar-refractivity contribution in [1.82, 2.24) is 9.97 Å². The number of imidazole rings is 1. The number of aromatic amines is 1. The number of hydrogen-bond acceptors (Lipinski definition) is 5. The molecule has 2 heterocycles. The number of Topliss-reactive ketones (excluding diaryl/α,β-unsaturated/α-hetero) is 1. The Morgan fingerprint density at radius 3 is 2.53 bits per heavy atom. The number of aliphatic imine (C=N–C) groups is 1. The third kappa shape index (κ3) is 3.66. The van der Waals surface area contributed by atoms with Crippen molar-refractivity contribution in [3.63, 3.8) is 0 Å². The van der Waals surface area contributed by atoms with Gasteiger partial charge < -0.3 is 9.72 Å². The lowest BCUT2D eigenvalue weighted by atomic mass is 9.91. The second kappa shape index (κ2) is 7.01. The molecule has 30 heavy (non-hydrogen) atoms. The van der Waals surface area contributed by atoms with Gasteiger partial charge in [-0.25, -0.2) is 18.6 Å². The van der Waals surface area contributed by atoms with E-state index in [-0.39, 0.29) is 29.3 Å². The first kappa shape index (κ1) is 19.7. The van der Waals surface area contributed by atoms with Crippen LogP contribution in [0.1, 0.15) is 42.3 Å². The molecule has 1 aliphatic heterocycles. The van der Waals surface area contributed by atoms with Gasteiger partial charge in [-0.3, -0.25) is 15.1 Å². The average molecular weight is 412 g/mol. The smallest absolute Gasteiger partial charge is 0.414 e. The second-order valence-electron chi connectivity index (χ2n) is 7.81. The van der Waals surface area contributed by atoms with E-state index in [4.69, 9.17) is 4.74 Å². The summed E-state index contributed by atoms with van der Waals surface area (Å²) in [7, 11) is 0. The first-order valence-electron chi connectivity index (χ1n) is 9.18. The van der Waals surface area contributed by atoms with E-state index in [0.29, 0.717) is 16.6 Å². The van der Waals surface area contributed by atoms with Gasteiger partial charge in [0.05, 0.1) is 22.3 Å². The molecule has 0 unspecified atom stereocenters. The van der Waals surface area contributed by atoms with Crippen molar-refractivity contribution < 1.29 is 23.1 Å². The second-order valence-corrected chi connectivity index (χ2v) is 7.81. The number of fused-ring (bicyclic) bond motifs is 2. The van der Waals surface area contributed by atoms with E-state index in [2.05, 4.69) is 20.3 Å². The Bertz CT molecular complexity index is 1220. The Hall–Kier alpha value is -3.62. The highest BCUT2D eigenvalue weighted by atomic mass is 19.1. The van der Waals surface area contributed by atoms with Crippen molar-refractivity contribution >= 4 is 34.6 Å². The fourth-order valence-electron chi connectivity index (χ4n) is 3.22. The largest absolute Gasteiger partial charge is 0.444 e. The first-order chi connectivity index (χ1) is 14.1. The van der Waals surface area contributed by atoms with Crippen LogP contribution < -0.4 is 5.32 Å². The predicted molar refractivity (Wildman–Crippen MR) is 107 cm³/mol. The molecule has 0 saturated carbocycles. The van der Waals surface area contributed by atoms with E-state index < -0.39 is 29.1 Å². The van der Waals surface area contributed by atoms with Crippen LogP contribution in [-0.2, 0) is 4.74 Å². The number of hydrogen-bond donors (Lipinski definition) is 2. The number of amides is 1. The minimum atomic E-state index is -0.782. The monoisotopic (exact) mass is 412 g/mol. The number of halogens is 2. The summed E-state index contributed by atoms with van der Waals surface area (Å²) in [6.45, 7) is 4.96. The van der Waals surface area contributed by atoms with E-state index in [1.165, 1.54) is 0 Å². The van der Waals surface area contributed by atoms with Gasteiger partial charge in [0.1, 0.15) is 23.8 Å². The molecule has 154 valence electrons. The molecule has 3 aromatic rings. The number of aromatic nitrogens is 2. The number of rotatable bonds is 2. The number of benzene rings is 2. The molecule has 4 rings (SSSR count). The number of nitrogens with one attached hydrogen (secondary N) is 2. The summed E-state index contributed by atoms with van der Waals surface area (Å²) in [4.78, 5) is 35.4.